The zero-order valence-electron chi connectivity index (χ0n) is 9.63. The van der Waals surface area contributed by atoms with Crippen molar-refractivity contribution in [3.8, 4) is 11.5 Å². The fourth-order valence-electron chi connectivity index (χ4n) is 1.95. The summed E-state index contributed by atoms with van der Waals surface area (Å²) in [7, 11) is 1.88. The van der Waals surface area contributed by atoms with E-state index in [1.54, 1.807) is 12.4 Å². The summed E-state index contributed by atoms with van der Waals surface area (Å²) in [5.41, 5.74) is 8.05. The first-order chi connectivity index (χ1) is 8.68. The number of para-hydroxylation sites is 1. The highest BCUT2D eigenvalue weighted by Gasteiger charge is 2.15. The lowest BCUT2D eigenvalue weighted by atomic mass is 10.3. The van der Waals surface area contributed by atoms with E-state index in [2.05, 4.69) is 15.0 Å². The molecule has 0 saturated carbocycles. The van der Waals surface area contributed by atoms with Crippen LogP contribution in [0.15, 0.2) is 30.6 Å². The first kappa shape index (κ1) is 11.0. The minimum atomic E-state index is 0.354. The number of aromatic nitrogens is 4. The Kier molecular flexibility index (Phi) is 2.41. The average molecular weight is 260 g/mol. The summed E-state index contributed by atoms with van der Waals surface area (Å²) in [6, 6.07) is 5.59. The fraction of sp³-hybridized carbons (Fsp3) is 0.0833. The number of benzene rings is 1. The maximum absolute atomic E-state index is 6.17. The van der Waals surface area contributed by atoms with E-state index in [0.717, 1.165) is 11.0 Å². The highest BCUT2D eigenvalue weighted by atomic mass is 35.5. The van der Waals surface area contributed by atoms with Crippen LogP contribution in [0.3, 0.4) is 0 Å². The lowest BCUT2D eigenvalue weighted by molar-refractivity contribution is 0.948. The van der Waals surface area contributed by atoms with Crippen LogP contribution in [0.5, 0.6) is 0 Å². The van der Waals surface area contributed by atoms with Crippen LogP contribution in [-0.4, -0.2) is 19.5 Å². The van der Waals surface area contributed by atoms with Gasteiger partial charge < -0.3 is 10.3 Å². The van der Waals surface area contributed by atoms with Crippen molar-refractivity contribution >= 4 is 28.5 Å². The zero-order valence-corrected chi connectivity index (χ0v) is 10.4. The number of aryl methyl sites for hydroxylation is 1. The Morgan fingerprint density at radius 1 is 1.22 bits per heavy atom. The normalized spacial score (nSPS) is 11.0. The number of nitrogens with zero attached hydrogens (tertiary/aromatic N) is 4. The van der Waals surface area contributed by atoms with Crippen molar-refractivity contribution in [2.45, 2.75) is 0 Å². The molecule has 0 spiro atoms. The lowest BCUT2D eigenvalue weighted by Gasteiger charge is -2.03. The van der Waals surface area contributed by atoms with Gasteiger partial charge in [-0.15, -0.1) is 0 Å². The molecule has 0 fully saturated rings. The molecule has 0 amide bonds. The van der Waals surface area contributed by atoms with Gasteiger partial charge in [0.05, 0.1) is 16.1 Å². The van der Waals surface area contributed by atoms with Gasteiger partial charge in [0.15, 0.2) is 11.6 Å². The maximum atomic E-state index is 6.17. The van der Waals surface area contributed by atoms with Gasteiger partial charge in [-0.2, -0.15) is 0 Å². The highest BCUT2D eigenvalue weighted by Crippen LogP contribution is 2.28. The molecule has 2 N–H and O–H groups in total. The minimum absolute atomic E-state index is 0.354. The number of nitrogens with two attached hydrogens (primary N) is 1. The van der Waals surface area contributed by atoms with Crippen molar-refractivity contribution in [1.82, 2.24) is 19.5 Å². The summed E-state index contributed by atoms with van der Waals surface area (Å²) in [4.78, 5) is 12.7. The molecule has 0 bridgehead atoms. The van der Waals surface area contributed by atoms with Crippen molar-refractivity contribution < 1.29 is 0 Å². The Balaban J connectivity index is 2.35. The van der Waals surface area contributed by atoms with Gasteiger partial charge in [0, 0.05) is 19.4 Å². The van der Waals surface area contributed by atoms with Crippen LogP contribution in [0.4, 0.5) is 5.82 Å². The molecule has 0 aliphatic rings. The molecule has 0 aliphatic heterocycles. The monoisotopic (exact) mass is 259 g/mol. The zero-order chi connectivity index (χ0) is 12.7. The molecule has 3 rings (SSSR count). The van der Waals surface area contributed by atoms with E-state index in [4.69, 9.17) is 17.3 Å². The third-order valence-electron chi connectivity index (χ3n) is 2.78. The number of imidazole rings is 1. The Morgan fingerprint density at radius 2 is 2.00 bits per heavy atom. The number of fused-ring (bicyclic) bond motifs is 1. The molecule has 2 aromatic heterocycles. The molecular weight excluding hydrogens is 250 g/mol. The number of rotatable bonds is 1. The van der Waals surface area contributed by atoms with Crippen LogP contribution in [0, 0.1) is 0 Å². The number of nitrogen functional groups attached to an aromatic ring is 1. The molecule has 0 atom stereocenters. The Labute approximate surface area is 108 Å². The van der Waals surface area contributed by atoms with Crippen molar-refractivity contribution in [3.05, 3.63) is 35.6 Å². The van der Waals surface area contributed by atoms with Crippen molar-refractivity contribution in [2.24, 2.45) is 7.05 Å². The van der Waals surface area contributed by atoms with Gasteiger partial charge in [0.25, 0.3) is 0 Å². The van der Waals surface area contributed by atoms with Gasteiger partial charge in [0.2, 0.25) is 0 Å². The molecule has 2 heterocycles. The highest BCUT2D eigenvalue weighted by molar-refractivity contribution is 6.35. The summed E-state index contributed by atoms with van der Waals surface area (Å²) < 4.78 is 1.87. The number of halogens is 1. The third-order valence-corrected chi connectivity index (χ3v) is 3.09. The molecular formula is C12H10ClN5. The van der Waals surface area contributed by atoms with Crippen LogP contribution in [-0.2, 0) is 7.05 Å². The van der Waals surface area contributed by atoms with Gasteiger partial charge in [-0.3, -0.25) is 0 Å². The molecule has 5 nitrogen and oxygen atoms in total. The second-order valence-electron chi connectivity index (χ2n) is 3.89. The van der Waals surface area contributed by atoms with Gasteiger partial charge in [-0.05, 0) is 12.1 Å². The largest absolute Gasteiger partial charge is 0.382 e. The van der Waals surface area contributed by atoms with Gasteiger partial charge in [-0.25, -0.2) is 15.0 Å². The van der Waals surface area contributed by atoms with E-state index in [0.29, 0.717) is 22.4 Å². The molecule has 1 aromatic carbocycles. The first-order valence-corrected chi connectivity index (χ1v) is 5.74. The number of anilines is 1. The van der Waals surface area contributed by atoms with Crippen LogP contribution in [0.25, 0.3) is 22.6 Å². The van der Waals surface area contributed by atoms with E-state index in [9.17, 15) is 0 Å². The maximum Gasteiger partial charge on any atom is 0.163 e. The molecule has 6 heteroatoms. The third kappa shape index (κ3) is 1.52. The number of hydrogen-bond donors (Lipinski definition) is 1. The van der Waals surface area contributed by atoms with E-state index in [1.807, 2.05) is 29.8 Å². The second-order valence-corrected chi connectivity index (χ2v) is 4.30. The first-order valence-electron chi connectivity index (χ1n) is 5.36. The summed E-state index contributed by atoms with van der Waals surface area (Å²) in [6.07, 6.45) is 3.14. The van der Waals surface area contributed by atoms with E-state index in [1.165, 1.54) is 0 Å². The molecule has 0 aliphatic carbocycles. The molecule has 3 aromatic rings. The Bertz CT molecular complexity index is 734. The molecule has 0 saturated heterocycles. The Morgan fingerprint density at radius 3 is 2.72 bits per heavy atom. The van der Waals surface area contributed by atoms with E-state index >= 15 is 0 Å². The van der Waals surface area contributed by atoms with Crippen LogP contribution < -0.4 is 5.73 Å². The predicted molar refractivity (Wildman–Crippen MR) is 71.2 cm³/mol. The quantitative estimate of drug-likeness (QED) is 0.728. The molecule has 90 valence electrons. The molecule has 0 unspecified atom stereocenters. The topological polar surface area (TPSA) is 69.6 Å². The van der Waals surface area contributed by atoms with Crippen LogP contribution in [0.1, 0.15) is 0 Å². The van der Waals surface area contributed by atoms with Gasteiger partial charge >= 0.3 is 0 Å². The second kappa shape index (κ2) is 3.96. The fourth-order valence-corrected chi connectivity index (χ4v) is 2.25. The van der Waals surface area contributed by atoms with Crippen molar-refractivity contribution in [1.29, 1.82) is 0 Å². The summed E-state index contributed by atoms with van der Waals surface area (Å²) in [5, 5.41) is 0.649. The molecule has 0 radical (unpaired) electrons. The Hall–Kier alpha value is -2.14. The van der Waals surface area contributed by atoms with Crippen LogP contribution in [0.2, 0.25) is 5.02 Å². The van der Waals surface area contributed by atoms with Crippen molar-refractivity contribution in [2.75, 3.05) is 5.73 Å². The van der Waals surface area contributed by atoms with E-state index in [-0.39, 0.29) is 0 Å². The standard InChI is InChI=1S/C12H10ClN5/c1-18-10-7(13)3-2-4-8(10)17-12(18)9-11(14)16-6-5-15-9/h2-6H,1H3,(H2,14,16). The minimum Gasteiger partial charge on any atom is -0.382 e. The van der Waals surface area contributed by atoms with Gasteiger partial charge in [0.1, 0.15) is 5.69 Å². The molecule has 18 heavy (non-hydrogen) atoms. The van der Waals surface area contributed by atoms with Crippen molar-refractivity contribution in [3.63, 3.8) is 0 Å². The van der Waals surface area contributed by atoms with Crippen LogP contribution >= 0.6 is 11.6 Å². The number of hydrogen-bond acceptors (Lipinski definition) is 4. The predicted octanol–water partition coefficient (Wildman–Crippen LogP) is 2.27. The summed E-state index contributed by atoms with van der Waals surface area (Å²) >= 11 is 6.17. The van der Waals surface area contributed by atoms with Gasteiger partial charge in [-0.1, -0.05) is 17.7 Å². The summed E-state index contributed by atoms with van der Waals surface area (Å²) in [6.45, 7) is 0. The smallest absolute Gasteiger partial charge is 0.163 e. The SMILES string of the molecule is Cn1c(-c2nccnc2N)nc2cccc(Cl)c21. The lowest BCUT2D eigenvalue weighted by Crippen LogP contribution is -2.01. The average Bonchev–Trinajstić information content (AvgIpc) is 2.69. The summed E-state index contributed by atoms with van der Waals surface area (Å²) in [5.74, 6) is 1.01. The van der Waals surface area contributed by atoms with E-state index < -0.39 is 0 Å².